The molecule has 0 saturated heterocycles. The Bertz CT molecular complexity index is 791. The molecule has 0 aliphatic carbocycles. The van der Waals surface area contributed by atoms with Crippen molar-refractivity contribution < 1.29 is 22.7 Å². The number of rotatable bonds is 4. The molecule has 0 bridgehead atoms. The lowest BCUT2D eigenvalue weighted by Gasteiger charge is -2.07. The summed E-state index contributed by atoms with van der Waals surface area (Å²) < 4.78 is 32.1. The van der Waals surface area contributed by atoms with Crippen LogP contribution in [0, 0.1) is 20.8 Å². The molecule has 7 nitrogen and oxygen atoms in total. The molecule has 0 fully saturated rings. The van der Waals surface area contributed by atoms with Gasteiger partial charge >= 0.3 is 5.97 Å². The van der Waals surface area contributed by atoms with Crippen LogP contribution in [0.2, 0.25) is 0 Å². The third-order valence-corrected chi connectivity index (χ3v) is 4.34. The topological polar surface area (TPSA) is 110 Å². The number of furan rings is 1. The standard InChI is InChI=1S/C13H14N2O5S/c1-7-4-5-10(14-6-7)15-21(18,19)12-9(3)20-8(2)11(12)13(16)17/h4-6H,1-3H3,(H,14,15)(H,16,17). The number of carboxylic acid groups (broad SMARTS) is 1. The highest BCUT2D eigenvalue weighted by molar-refractivity contribution is 7.92. The van der Waals surface area contributed by atoms with Crippen molar-refractivity contribution in [3.05, 3.63) is 41.0 Å². The Morgan fingerprint density at radius 1 is 1.24 bits per heavy atom. The number of aromatic carboxylic acids is 1. The van der Waals surface area contributed by atoms with Crippen LogP contribution in [0.15, 0.2) is 27.6 Å². The van der Waals surface area contributed by atoms with E-state index >= 15 is 0 Å². The van der Waals surface area contributed by atoms with Gasteiger partial charge in [0.15, 0.2) is 0 Å². The van der Waals surface area contributed by atoms with Gasteiger partial charge in [-0.05, 0) is 32.4 Å². The minimum absolute atomic E-state index is 0.0181. The third kappa shape index (κ3) is 2.89. The van der Waals surface area contributed by atoms with Gasteiger partial charge in [-0.3, -0.25) is 4.72 Å². The first kappa shape index (κ1) is 15.0. The molecule has 2 aromatic heterocycles. The Kier molecular flexibility index (Phi) is 3.73. The second-order valence-electron chi connectivity index (χ2n) is 4.55. The number of carboxylic acids is 1. The fraction of sp³-hybridized carbons (Fsp3) is 0.231. The van der Waals surface area contributed by atoms with Crippen molar-refractivity contribution >= 4 is 21.8 Å². The fourth-order valence-corrected chi connectivity index (χ4v) is 3.37. The molecule has 2 rings (SSSR count). The van der Waals surface area contributed by atoms with Gasteiger partial charge in [-0.1, -0.05) is 6.07 Å². The van der Waals surface area contributed by atoms with Gasteiger partial charge in [0.2, 0.25) is 0 Å². The van der Waals surface area contributed by atoms with Crippen molar-refractivity contribution in [2.24, 2.45) is 0 Å². The number of anilines is 1. The zero-order chi connectivity index (χ0) is 15.8. The molecule has 2 N–H and O–H groups in total. The zero-order valence-electron chi connectivity index (χ0n) is 11.7. The number of aromatic nitrogens is 1. The summed E-state index contributed by atoms with van der Waals surface area (Å²) in [4.78, 5) is 14.8. The highest BCUT2D eigenvalue weighted by Gasteiger charge is 2.31. The molecule has 21 heavy (non-hydrogen) atoms. The van der Waals surface area contributed by atoms with Crippen molar-refractivity contribution in [3.8, 4) is 0 Å². The largest absolute Gasteiger partial charge is 0.478 e. The second kappa shape index (κ2) is 5.21. The minimum Gasteiger partial charge on any atom is -0.478 e. The lowest BCUT2D eigenvalue weighted by Crippen LogP contribution is -2.17. The van der Waals surface area contributed by atoms with Crippen LogP contribution >= 0.6 is 0 Å². The molecule has 8 heteroatoms. The van der Waals surface area contributed by atoms with E-state index in [1.54, 1.807) is 6.07 Å². The third-order valence-electron chi connectivity index (χ3n) is 2.84. The Morgan fingerprint density at radius 2 is 1.90 bits per heavy atom. The molecule has 0 amide bonds. The van der Waals surface area contributed by atoms with Crippen molar-refractivity contribution in [3.63, 3.8) is 0 Å². The van der Waals surface area contributed by atoms with E-state index in [0.29, 0.717) is 0 Å². The van der Waals surface area contributed by atoms with E-state index in [4.69, 9.17) is 9.52 Å². The molecule has 0 radical (unpaired) electrons. The molecule has 0 atom stereocenters. The molecule has 0 unspecified atom stereocenters. The number of carbonyl (C=O) groups is 1. The van der Waals surface area contributed by atoms with Crippen molar-refractivity contribution in [1.29, 1.82) is 0 Å². The van der Waals surface area contributed by atoms with Gasteiger partial charge in [0.05, 0.1) is 0 Å². The van der Waals surface area contributed by atoms with E-state index in [2.05, 4.69) is 9.71 Å². The smallest absolute Gasteiger partial charge is 0.340 e. The maximum Gasteiger partial charge on any atom is 0.340 e. The summed E-state index contributed by atoms with van der Waals surface area (Å²) in [6.45, 7) is 4.62. The fourth-order valence-electron chi connectivity index (χ4n) is 1.95. The number of hydrogen-bond donors (Lipinski definition) is 2. The quantitative estimate of drug-likeness (QED) is 0.895. The molecule has 0 spiro atoms. The lowest BCUT2D eigenvalue weighted by atomic mass is 10.2. The van der Waals surface area contributed by atoms with E-state index in [1.807, 2.05) is 6.92 Å². The highest BCUT2D eigenvalue weighted by Crippen LogP contribution is 2.28. The maximum absolute atomic E-state index is 12.4. The van der Waals surface area contributed by atoms with Gasteiger partial charge in [-0.25, -0.2) is 18.2 Å². The Morgan fingerprint density at radius 3 is 2.43 bits per heavy atom. The number of nitrogens with one attached hydrogen (secondary N) is 1. The molecule has 0 aliphatic rings. The Balaban J connectivity index is 2.50. The summed E-state index contributed by atoms with van der Waals surface area (Å²) in [7, 11) is -4.10. The summed E-state index contributed by atoms with van der Waals surface area (Å²) in [5.41, 5.74) is 0.506. The average Bonchev–Trinajstić information content (AvgIpc) is 2.67. The van der Waals surface area contributed by atoms with Gasteiger partial charge in [0.1, 0.15) is 27.8 Å². The number of sulfonamides is 1. The number of nitrogens with zero attached hydrogens (tertiary/aromatic N) is 1. The molecular formula is C13H14N2O5S. The first-order chi connectivity index (χ1) is 9.72. The summed E-state index contributed by atoms with van der Waals surface area (Å²) in [5, 5.41) is 9.16. The number of aryl methyl sites for hydroxylation is 3. The summed E-state index contributed by atoms with van der Waals surface area (Å²) >= 11 is 0. The predicted molar refractivity (Wildman–Crippen MR) is 74.9 cm³/mol. The Hall–Kier alpha value is -2.35. The van der Waals surface area contributed by atoms with E-state index in [0.717, 1.165) is 5.56 Å². The van der Waals surface area contributed by atoms with Gasteiger partial charge in [0, 0.05) is 6.20 Å². The molecule has 2 heterocycles. The minimum atomic E-state index is -4.10. The molecule has 2 aromatic rings. The normalized spacial score (nSPS) is 11.4. The molecular weight excluding hydrogens is 296 g/mol. The van der Waals surface area contributed by atoms with Crippen LogP contribution in [0.4, 0.5) is 5.82 Å². The van der Waals surface area contributed by atoms with Crippen molar-refractivity contribution in [1.82, 2.24) is 4.98 Å². The average molecular weight is 310 g/mol. The number of pyridine rings is 1. The zero-order valence-corrected chi connectivity index (χ0v) is 12.5. The first-order valence-electron chi connectivity index (χ1n) is 6.01. The maximum atomic E-state index is 12.4. The van der Waals surface area contributed by atoms with Crippen LogP contribution in [-0.4, -0.2) is 24.5 Å². The summed E-state index contributed by atoms with van der Waals surface area (Å²) in [6.07, 6.45) is 1.50. The summed E-state index contributed by atoms with van der Waals surface area (Å²) in [6, 6.07) is 3.19. The van der Waals surface area contributed by atoms with Crippen molar-refractivity contribution in [2.75, 3.05) is 4.72 Å². The van der Waals surface area contributed by atoms with Crippen LogP contribution in [0.1, 0.15) is 27.4 Å². The van der Waals surface area contributed by atoms with Gasteiger partial charge in [-0.2, -0.15) is 0 Å². The highest BCUT2D eigenvalue weighted by atomic mass is 32.2. The van der Waals surface area contributed by atoms with E-state index < -0.39 is 16.0 Å². The first-order valence-corrected chi connectivity index (χ1v) is 7.49. The van der Waals surface area contributed by atoms with Gasteiger partial charge in [-0.15, -0.1) is 0 Å². The van der Waals surface area contributed by atoms with Crippen LogP contribution in [0.25, 0.3) is 0 Å². The van der Waals surface area contributed by atoms with Crippen LogP contribution in [-0.2, 0) is 10.0 Å². The molecule has 0 saturated carbocycles. The van der Waals surface area contributed by atoms with Crippen molar-refractivity contribution in [2.45, 2.75) is 25.7 Å². The summed E-state index contributed by atoms with van der Waals surface area (Å²) in [5.74, 6) is -1.20. The van der Waals surface area contributed by atoms with Crippen LogP contribution in [0.5, 0.6) is 0 Å². The lowest BCUT2D eigenvalue weighted by molar-refractivity contribution is 0.0691. The van der Waals surface area contributed by atoms with E-state index in [1.165, 1.54) is 26.1 Å². The molecule has 112 valence electrons. The monoisotopic (exact) mass is 310 g/mol. The van der Waals surface area contributed by atoms with Gasteiger partial charge < -0.3 is 9.52 Å². The molecule has 0 aliphatic heterocycles. The predicted octanol–water partition coefficient (Wildman–Crippen LogP) is 2.10. The van der Waals surface area contributed by atoms with Crippen LogP contribution in [0.3, 0.4) is 0 Å². The van der Waals surface area contributed by atoms with E-state index in [-0.39, 0.29) is 27.8 Å². The Labute approximate surface area is 121 Å². The molecule has 0 aromatic carbocycles. The van der Waals surface area contributed by atoms with Gasteiger partial charge in [0.25, 0.3) is 10.0 Å². The SMILES string of the molecule is Cc1ccc(NS(=O)(=O)c2c(C)oc(C)c2C(=O)O)nc1. The van der Waals surface area contributed by atoms with E-state index in [9.17, 15) is 13.2 Å². The van der Waals surface area contributed by atoms with Crippen LogP contribution < -0.4 is 4.72 Å². The second-order valence-corrected chi connectivity index (χ2v) is 6.17. The number of hydrogen-bond acceptors (Lipinski definition) is 5.